The predicted molar refractivity (Wildman–Crippen MR) is 83.8 cm³/mol. The average molecular weight is 299 g/mol. The van der Waals surface area contributed by atoms with Crippen LogP contribution in [0, 0.1) is 0 Å². The zero-order chi connectivity index (χ0) is 15.4. The summed E-state index contributed by atoms with van der Waals surface area (Å²) < 4.78 is 0. The van der Waals surface area contributed by atoms with E-state index < -0.39 is 0 Å². The van der Waals surface area contributed by atoms with Crippen molar-refractivity contribution < 1.29 is 9.59 Å². The molecule has 3 heterocycles. The van der Waals surface area contributed by atoms with Crippen molar-refractivity contribution in [3.8, 4) is 0 Å². The van der Waals surface area contributed by atoms with Crippen LogP contribution in [0.15, 0.2) is 30.6 Å². The molecule has 1 unspecified atom stereocenters. The molecule has 2 aliphatic rings. The van der Waals surface area contributed by atoms with Crippen LogP contribution in [0.4, 0.5) is 0 Å². The fourth-order valence-electron chi connectivity index (χ4n) is 3.09. The van der Waals surface area contributed by atoms with Gasteiger partial charge in [0.2, 0.25) is 11.8 Å². The van der Waals surface area contributed by atoms with Gasteiger partial charge in [-0.2, -0.15) is 0 Å². The van der Waals surface area contributed by atoms with Gasteiger partial charge >= 0.3 is 0 Å². The number of amides is 2. The van der Waals surface area contributed by atoms with Crippen LogP contribution < -0.4 is 5.32 Å². The van der Waals surface area contributed by atoms with Crippen molar-refractivity contribution in [1.29, 1.82) is 0 Å². The monoisotopic (exact) mass is 299 g/mol. The summed E-state index contributed by atoms with van der Waals surface area (Å²) in [6.07, 6.45) is 9.65. The predicted octanol–water partition coefficient (Wildman–Crippen LogP) is 1.76. The molecule has 5 nitrogen and oxygen atoms in total. The Bertz CT molecular complexity index is 583. The molecule has 1 saturated heterocycles. The number of pyridine rings is 1. The number of nitrogens with zero attached hydrogens (tertiary/aromatic N) is 2. The second kappa shape index (κ2) is 6.73. The maximum Gasteiger partial charge on any atom is 0.245 e. The number of nitrogens with one attached hydrogen (secondary N) is 1. The maximum atomic E-state index is 12.7. The molecule has 1 fully saturated rings. The van der Waals surface area contributed by atoms with Crippen LogP contribution in [0.2, 0.25) is 0 Å². The number of carbonyl (C=O) groups excluding carboxylic acids is 2. The van der Waals surface area contributed by atoms with Gasteiger partial charge in [0.25, 0.3) is 0 Å². The number of carbonyl (C=O) groups is 2. The molecule has 2 amide bonds. The Labute approximate surface area is 130 Å². The van der Waals surface area contributed by atoms with E-state index in [4.69, 9.17) is 0 Å². The van der Waals surface area contributed by atoms with Crippen LogP contribution in [0.5, 0.6) is 0 Å². The number of rotatable bonds is 2. The highest BCUT2D eigenvalue weighted by Gasteiger charge is 2.28. The van der Waals surface area contributed by atoms with E-state index in [1.807, 2.05) is 17.0 Å². The molecule has 1 N–H and O–H groups in total. The zero-order valence-corrected chi connectivity index (χ0v) is 12.6. The molecule has 1 aromatic rings. The highest BCUT2D eigenvalue weighted by atomic mass is 16.2. The van der Waals surface area contributed by atoms with Gasteiger partial charge in [-0.25, -0.2) is 0 Å². The minimum atomic E-state index is -0.355. The Kier molecular flexibility index (Phi) is 4.51. The first kappa shape index (κ1) is 14.8. The molecule has 22 heavy (non-hydrogen) atoms. The summed E-state index contributed by atoms with van der Waals surface area (Å²) in [5.41, 5.74) is 2.26. The topological polar surface area (TPSA) is 62.3 Å². The van der Waals surface area contributed by atoms with E-state index in [9.17, 15) is 9.59 Å². The Morgan fingerprint density at radius 1 is 1.27 bits per heavy atom. The molecule has 3 rings (SSSR count). The van der Waals surface area contributed by atoms with E-state index >= 15 is 0 Å². The van der Waals surface area contributed by atoms with Crippen LogP contribution in [0.3, 0.4) is 0 Å². The largest absolute Gasteiger partial charge is 0.344 e. The Morgan fingerprint density at radius 2 is 2.09 bits per heavy atom. The maximum absolute atomic E-state index is 12.7. The van der Waals surface area contributed by atoms with Gasteiger partial charge in [-0.05, 0) is 42.5 Å². The fourth-order valence-corrected chi connectivity index (χ4v) is 3.09. The number of aromatic nitrogens is 1. The first-order chi connectivity index (χ1) is 10.7. The van der Waals surface area contributed by atoms with Gasteiger partial charge in [-0.15, -0.1) is 0 Å². The van der Waals surface area contributed by atoms with Crippen LogP contribution >= 0.6 is 0 Å². The molecule has 116 valence electrons. The van der Waals surface area contributed by atoms with E-state index in [1.165, 1.54) is 0 Å². The smallest absolute Gasteiger partial charge is 0.245 e. The second-order valence-electron chi connectivity index (χ2n) is 5.88. The van der Waals surface area contributed by atoms with Crippen LogP contribution in [0.25, 0.3) is 5.57 Å². The number of hydrogen-bond acceptors (Lipinski definition) is 3. The van der Waals surface area contributed by atoms with E-state index in [2.05, 4.69) is 16.4 Å². The van der Waals surface area contributed by atoms with Crippen molar-refractivity contribution in [1.82, 2.24) is 15.2 Å². The molecule has 0 saturated carbocycles. The molecule has 2 aliphatic heterocycles. The SMILES string of the molecule is O=C1CCCCC(C(=O)N2CCC=C(c3ccncc3)C2)N1. The molecule has 0 spiro atoms. The van der Waals surface area contributed by atoms with E-state index in [1.54, 1.807) is 12.4 Å². The second-order valence-corrected chi connectivity index (χ2v) is 5.88. The van der Waals surface area contributed by atoms with Crippen molar-refractivity contribution >= 4 is 17.4 Å². The van der Waals surface area contributed by atoms with Crippen molar-refractivity contribution in [2.24, 2.45) is 0 Å². The van der Waals surface area contributed by atoms with Crippen LogP contribution in [-0.2, 0) is 9.59 Å². The lowest BCUT2D eigenvalue weighted by Gasteiger charge is -2.31. The lowest BCUT2D eigenvalue weighted by atomic mass is 10.0. The normalized spacial score (nSPS) is 22.5. The highest BCUT2D eigenvalue weighted by molar-refractivity contribution is 5.89. The van der Waals surface area contributed by atoms with Crippen molar-refractivity contribution in [2.75, 3.05) is 13.1 Å². The molecule has 0 bridgehead atoms. The summed E-state index contributed by atoms with van der Waals surface area (Å²) in [5, 5.41) is 2.87. The van der Waals surface area contributed by atoms with E-state index in [0.717, 1.165) is 43.4 Å². The van der Waals surface area contributed by atoms with Crippen molar-refractivity contribution in [3.63, 3.8) is 0 Å². The zero-order valence-electron chi connectivity index (χ0n) is 12.6. The minimum absolute atomic E-state index is 0.00208. The van der Waals surface area contributed by atoms with Crippen LogP contribution in [-0.4, -0.2) is 40.8 Å². The van der Waals surface area contributed by atoms with Crippen molar-refractivity contribution in [2.45, 2.75) is 38.1 Å². The Balaban J connectivity index is 1.69. The first-order valence-corrected chi connectivity index (χ1v) is 7.91. The molecule has 1 aromatic heterocycles. The van der Waals surface area contributed by atoms with Gasteiger partial charge in [0.05, 0.1) is 0 Å². The Morgan fingerprint density at radius 3 is 2.91 bits per heavy atom. The molecule has 0 aliphatic carbocycles. The summed E-state index contributed by atoms with van der Waals surface area (Å²) in [4.78, 5) is 30.3. The average Bonchev–Trinajstić information content (AvgIpc) is 2.79. The summed E-state index contributed by atoms with van der Waals surface area (Å²) in [7, 11) is 0. The lowest BCUT2D eigenvalue weighted by molar-refractivity contribution is -0.135. The molecule has 0 radical (unpaired) electrons. The van der Waals surface area contributed by atoms with Gasteiger partial charge in [0, 0.05) is 31.9 Å². The van der Waals surface area contributed by atoms with E-state index in [-0.39, 0.29) is 17.9 Å². The standard InChI is InChI=1S/C17H21N3O2/c21-16-6-2-1-5-15(19-16)17(22)20-11-3-4-14(12-20)13-7-9-18-10-8-13/h4,7-10,15H,1-3,5-6,11-12H2,(H,19,21). The summed E-state index contributed by atoms with van der Waals surface area (Å²) in [6, 6.07) is 3.58. The van der Waals surface area contributed by atoms with Gasteiger partial charge in [-0.3, -0.25) is 14.6 Å². The molecular weight excluding hydrogens is 278 g/mol. The summed E-state index contributed by atoms with van der Waals surface area (Å²) in [6.45, 7) is 1.33. The third kappa shape index (κ3) is 3.35. The lowest BCUT2D eigenvalue weighted by Crippen LogP contribution is -2.49. The number of hydrogen-bond donors (Lipinski definition) is 1. The van der Waals surface area contributed by atoms with Crippen molar-refractivity contribution in [3.05, 3.63) is 36.2 Å². The highest BCUT2D eigenvalue weighted by Crippen LogP contribution is 2.21. The minimum Gasteiger partial charge on any atom is -0.344 e. The van der Waals surface area contributed by atoms with Crippen LogP contribution in [0.1, 0.15) is 37.7 Å². The molecule has 5 heteroatoms. The van der Waals surface area contributed by atoms with Gasteiger partial charge in [0.15, 0.2) is 0 Å². The van der Waals surface area contributed by atoms with Gasteiger partial charge < -0.3 is 10.2 Å². The fraction of sp³-hybridized carbons (Fsp3) is 0.471. The molecule has 1 atom stereocenters. The first-order valence-electron chi connectivity index (χ1n) is 7.91. The van der Waals surface area contributed by atoms with E-state index in [0.29, 0.717) is 13.0 Å². The Hall–Kier alpha value is -2.17. The van der Waals surface area contributed by atoms with Gasteiger partial charge in [-0.1, -0.05) is 12.5 Å². The third-order valence-electron chi connectivity index (χ3n) is 4.29. The third-order valence-corrected chi connectivity index (χ3v) is 4.29. The molecule has 0 aromatic carbocycles. The van der Waals surface area contributed by atoms with Gasteiger partial charge in [0.1, 0.15) is 6.04 Å². The quantitative estimate of drug-likeness (QED) is 0.905. The summed E-state index contributed by atoms with van der Waals surface area (Å²) >= 11 is 0. The molecular formula is C17H21N3O2. The summed E-state index contributed by atoms with van der Waals surface area (Å²) in [5.74, 6) is 0.0488.